The largest absolute Gasteiger partial charge is 0.325 e. The smallest absolute Gasteiger partial charge is 0.197 e. The first-order valence-electron chi connectivity index (χ1n) is 3.85. The fourth-order valence-electron chi connectivity index (χ4n) is 0.770. The van der Waals surface area contributed by atoms with Gasteiger partial charge in [0.25, 0.3) is 0 Å². The van der Waals surface area contributed by atoms with E-state index in [4.69, 9.17) is 5.73 Å². The van der Waals surface area contributed by atoms with Crippen molar-refractivity contribution in [3.05, 3.63) is 17.8 Å². The Balaban J connectivity index is 3.06. The summed E-state index contributed by atoms with van der Waals surface area (Å²) in [6.45, 7) is 1.83. The first-order chi connectivity index (χ1) is 6.10. The van der Waals surface area contributed by atoms with Crippen molar-refractivity contribution in [2.24, 2.45) is 5.73 Å². The zero-order valence-electron chi connectivity index (χ0n) is 7.27. The molecule has 0 saturated carbocycles. The summed E-state index contributed by atoms with van der Waals surface area (Å²) >= 11 is 0. The third-order valence-corrected chi connectivity index (χ3v) is 3.22. The lowest BCUT2D eigenvalue weighted by molar-refractivity contribution is 0.590. The molecule has 0 aliphatic carbocycles. The molecule has 0 aromatic carbocycles. The summed E-state index contributed by atoms with van der Waals surface area (Å²) < 4.78 is 22.5. The molecule has 0 fully saturated rings. The van der Waals surface area contributed by atoms with Gasteiger partial charge in [0, 0.05) is 6.54 Å². The molecule has 0 amide bonds. The molecule has 0 saturated heterocycles. The fourth-order valence-corrected chi connectivity index (χ4v) is 1.51. The Kier molecular flexibility index (Phi) is 2.94. The fraction of sp³-hybridized carbons (Fsp3) is 0.429. The van der Waals surface area contributed by atoms with Crippen molar-refractivity contribution in [3.8, 4) is 0 Å². The van der Waals surface area contributed by atoms with E-state index in [1.54, 1.807) is 13.0 Å². The highest BCUT2D eigenvalue weighted by Crippen LogP contribution is 2.05. The maximum atomic E-state index is 11.3. The van der Waals surface area contributed by atoms with Crippen LogP contribution in [-0.4, -0.2) is 24.4 Å². The van der Waals surface area contributed by atoms with Gasteiger partial charge in [-0.1, -0.05) is 6.92 Å². The average Bonchev–Trinajstić information content (AvgIpc) is 2.18. The van der Waals surface area contributed by atoms with Crippen LogP contribution >= 0.6 is 0 Å². The molecule has 0 aliphatic rings. The maximum absolute atomic E-state index is 11.3. The van der Waals surface area contributed by atoms with Crippen molar-refractivity contribution in [2.75, 3.05) is 5.75 Å². The van der Waals surface area contributed by atoms with Crippen LogP contribution in [0.3, 0.4) is 0 Å². The van der Waals surface area contributed by atoms with Gasteiger partial charge in [0.15, 0.2) is 14.9 Å². The maximum Gasteiger partial charge on any atom is 0.197 e. The van der Waals surface area contributed by atoms with E-state index < -0.39 is 9.84 Å². The predicted octanol–water partition coefficient (Wildman–Crippen LogP) is -0.271. The molecular formula is C7H11N3O2S. The van der Waals surface area contributed by atoms with E-state index in [0.29, 0.717) is 5.69 Å². The minimum Gasteiger partial charge on any atom is -0.325 e. The highest BCUT2D eigenvalue weighted by molar-refractivity contribution is 7.91. The molecule has 1 heterocycles. The summed E-state index contributed by atoms with van der Waals surface area (Å²) in [6, 6.07) is 2.99. The zero-order valence-corrected chi connectivity index (χ0v) is 8.08. The number of hydrogen-bond acceptors (Lipinski definition) is 5. The Hall–Kier alpha value is -1.01. The normalized spacial score (nSPS) is 11.5. The van der Waals surface area contributed by atoms with Gasteiger partial charge in [-0.2, -0.15) is 5.10 Å². The van der Waals surface area contributed by atoms with Crippen LogP contribution in [0.1, 0.15) is 12.6 Å². The molecule has 1 aromatic rings. The Morgan fingerprint density at radius 2 is 2.08 bits per heavy atom. The van der Waals surface area contributed by atoms with Gasteiger partial charge in [0.2, 0.25) is 0 Å². The molecule has 13 heavy (non-hydrogen) atoms. The molecule has 0 atom stereocenters. The Labute approximate surface area is 76.9 Å². The van der Waals surface area contributed by atoms with Gasteiger partial charge in [-0.05, 0) is 12.1 Å². The van der Waals surface area contributed by atoms with Gasteiger partial charge >= 0.3 is 0 Å². The molecule has 6 heteroatoms. The van der Waals surface area contributed by atoms with E-state index in [1.807, 2.05) is 0 Å². The molecule has 0 aliphatic heterocycles. The van der Waals surface area contributed by atoms with Crippen molar-refractivity contribution in [1.29, 1.82) is 0 Å². The summed E-state index contributed by atoms with van der Waals surface area (Å²) in [5.74, 6) is 0.0314. The number of rotatable bonds is 3. The van der Waals surface area contributed by atoms with Crippen molar-refractivity contribution >= 4 is 9.84 Å². The lowest BCUT2D eigenvalue weighted by Gasteiger charge is -1.99. The van der Waals surface area contributed by atoms with Crippen LogP contribution in [-0.2, 0) is 16.4 Å². The van der Waals surface area contributed by atoms with Gasteiger partial charge in [0.05, 0.1) is 11.4 Å². The molecule has 0 unspecified atom stereocenters. The lowest BCUT2D eigenvalue weighted by atomic mass is 10.4. The van der Waals surface area contributed by atoms with Gasteiger partial charge in [-0.15, -0.1) is 5.10 Å². The molecule has 0 radical (unpaired) electrons. The number of hydrogen-bond donors (Lipinski definition) is 1. The molecular weight excluding hydrogens is 190 g/mol. The molecule has 72 valence electrons. The molecule has 5 nitrogen and oxygen atoms in total. The highest BCUT2D eigenvalue weighted by atomic mass is 32.2. The zero-order chi connectivity index (χ0) is 9.90. The van der Waals surface area contributed by atoms with Crippen LogP contribution in [0, 0.1) is 0 Å². The second-order valence-electron chi connectivity index (χ2n) is 2.47. The molecule has 0 bridgehead atoms. The van der Waals surface area contributed by atoms with E-state index in [2.05, 4.69) is 10.2 Å². The average molecular weight is 201 g/mol. The van der Waals surface area contributed by atoms with Crippen LogP contribution in [0.5, 0.6) is 0 Å². The first kappa shape index (κ1) is 10.1. The van der Waals surface area contributed by atoms with E-state index in [0.717, 1.165) is 0 Å². The minimum absolute atomic E-state index is 0.00667. The predicted molar refractivity (Wildman–Crippen MR) is 47.7 cm³/mol. The SMILES string of the molecule is CCS(=O)(=O)c1ccc(CN)nn1. The number of nitrogens with zero attached hydrogens (tertiary/aromatic N) is 2. The quantitative estimate of drug-likeness (QED) is 0.727. The van der Waals surface area contributed by atoms with Gasteiger partial charge in [-0.25, -0.2) is 8.42 Å². The number of nitrogens with two attached hydrogens (primary N) is 1. The van der Waals surface area contributed by atoms with Crippen LogP contribution in [0.4, 0.5) is 0 Å². The van der Waals surface area contributed by atoms with Gasteiger partial charge in [0.1, 0.15) is 0 Å². The Morgan fingerprint density at radius 3 is 2.46 bits per heavy atom. The molecule has 1 rings (SSSR count). The van der Waals surface area contributed by atoms with Crippen LogP contribution in [0.2, 0.25) is 0 Å². The third kappa shape index (κ3) is 2.22. The first-order valence-corrected chi connectivity index (χ1v) is 5.51. The summed E-state index contributed by atoms with van der Waals surface area (Å²) in [7, 11) is -3.24. The molecule has 0 spiro atoms. The lowest BCUT2D eigenvalue weighted by Crippen LogP contribution is -2.09. The van der Waals surface area contributed by atoms with Crippen molar-refractivity contribution in [2.45, 2.75) is 18.5 Å². The van der Waals surface area contributed by atoms with E-state index in [1.165, 1.54) is 6.07 Å². The van der Waals surface area contributed by atoms with Crippen LogP contribution in [0.25, 0.3) is 0 Å². The minimum atomic E-state index is -3.24. The second-order valence-corrected chi connectivity index (χ2v) is 4.70. The Morgan fingerprint density at radius 1 is 1.38 bits per heavy atom. The van der Waals surface area contributed by atoms with Crippen molar-refractivity contribution in [3.63, 3.8) is 0 Å². The van der Waals surface area contributed by atoms with E-state index in [9.17, 15) is 8.42 Å². The summed E-state index contributed by atoms with van der Waals surface area (Å²) in [4.78, 5) is 0. The molecule has 2 N–H and O–H groups in total. The number of aromatic nitrogens is 2. The highest BCUT2D eigenvalue weighted by Gasteiger charge is 2.12. The standard InChI is InChI=1S/C7H11N3O2S/c1-2-13(11,12)7-4-3-6(5-8)9-10-7/h3-4H,2,5,8H2,1H3. The van der Waals surface area contributed by atoms with Crippen LogP contribution in [0.15, 0.2) is 17.2 Å². The summed E-state index contributed by atoms with van der Waals surface area (Å²) in [5, 5.41) is 7.24. The van der Waals surface area contributed by atoms with Crippen molar-refractivity contribution in [1.82, 2.24) is 10.2 Å². The van der Waals surface area contributed by atoms with Gasteiger partial charge < -0.3 is 5.73 Å². The van der Waals surface area contributed by atoms with E-state index >= 15 is 0 Å². The number of sulfone groups is 1. The summed E-state index contributed by atoms with van der Waals surface area (Å²) in [5.41, 5.74) is 5.87. The third-order valence-electron chi connectivity index (χ3n) is 1.60. The topological polar surface area (TPSA) is 85.9 Å². The van der Waals surface area contributed by atoms with Crippen molar-refractivity contribution < 1.29 is 8.42 Å². The molecule has 1 aromatic heterocycles. The summed E-state index contributed by atoms with van der Waals surface area (Å²) in [6.07, 6.45) is 0. The van der Waals surface area contributed by atoms with Gasteiger partial charge in [-0.3, -0.25) is 0 Å². The Bertz CT molecular complexity index is 371. The monoisotopic (exact) mass is 201 g/mol. The van der Waals surface area contributed by atoms with E-state index in [-0.39, 0.29) is 17.3 Å². The van der Waals surface area contributed by atoms with Crippen LogP contribution < -0.4 is 5.73 Å². The second kappa shape index (κ2) is 3.80.